The molecular formula is C20H30N6O3. The minimum absolute atomic E-state index is 0.0408. The quantitative estimate of drug-likeness (QED) is 0.819. The summed E-state index contributed by atoms with van der Waals surface area (Å²) in [5, 5.41) is 11.4. The predicted octanol–water partition coefficient (Wildman–Crippen LogP) is 2.33. The second-order valence-electron chi connectivity index (χ2n) is 8.26. The summed E-state index contributed by atoms with van der Waals surface area (Å²) in [6.45, 7) is 10.5. The Hall–Kier alpha value is -2.26. The van der Waals surface area contributed by atoms with Gasteiger partial charge in [-0.2, -0.15) is 10.1 Å². The number of H-pyrrole nitrogens is 1. The molecule has 2 atom stereocenters. The van der Waals surface area contributed by atoms with E-state index in [-0.39, 0.29) is 23.8 Å². The van der Waals surface area contributed by atoms with Crippen LogP contribution in [0.25, 0.3) is 0 Å². The maximum Gasteiger partial charge on any atom is 0.257 e. The number of carbonyl (C=O) groups excluding carboxylic acids is 1. The third kappa shape index (κ3) is 4.20. The molecule has 4 rings (SSSR count). The number of aromatic amines is 1. The summed E-state index contributed by atoms with van der Waals surface area (Å²) in [6, 6.07) is 0.0408. The van der Waals surface area contributed by atoms with Crippen molar-refractivity contribution in [1.29, 1.82) is 0 Å². The second-order valence-corrected chi connectivity index (χ2v) is 8.26. The van der Waals surface area contributed by atoms with Gasteiger partial charge in [0.15, 0.2) is 5.82 Å². The van der Waals surface area contributed by atoms with Crippen LogP contribution in [0.2, 0.25) is 0 Å². The zero-order chi connectivity index (χ0) is 20.4. The molecular weight excluding hydrogens is 372 g/mol. The Labute approximate surface area is 170 Å². The van der Waals surface area contributed by atoms with Crippen LogP contribution in [-0.4, -0.2) is 75.4 Å². The van der Waals surface area contributed by atoms with E-state index in [1.165, 1.54) is 0 Å². The molecule has 1 N–H and O–H groups in total. The van der Waals surface area contributed by atoms with Crippen LogP contribution in [0.3, 0.4) is 0 Å². The van der Waals surface area contributed by atoms with Crippen LogP contribution >= 0.6 is 0 Å². The van der Waals surface area contributed by atoms with E-state index in [4.69, 9.17) is 9.26 Å². The molecule has 0 bridgehead atoms. The highest BCUT2D eigenvalue weighted by Gasteiger charge is 2.32. The van der Waals surface area contributed by atoms with Crippen molar-refractivity contribution in [3.05, 3.63) is 29.2 Å². The topological polar surface area (TPSA) is 100 Å². The van der Waals surface area contributed by atoms with E-state index in [0.717, 1.165) is 37.4 Å². The van der Waals surface area contributed by atoms with Crippen molar-refractivity contribution >= 4 is 5.91 Å². The van der Waals surface area contributed by atoms with Gasteiger partial charge in [0.25, 0.3) is 5.91 Å². The number of ether oxygens (including phenoxy) is 1. The smallest absolute Gasteiger partial charge is 0.257 e. The number of likely N-dealkylation sites (tertiary alicyclic amines) is 1. The number of nitrogens with one attached hydrogen (secondary N) is 1. The van der Waals surface area contributed by atoms with Crippen LogP contribution in [0.5, 0.6) is 0 Å². The summed E-state index contributed by atoms with van der Waals surface area (Å²) in [4.78, 5) is 21.8. The summed E-state index contributed by atoms with van der Waals surface area (Å²) in [6.07, 6.45) is 3.74. The third-order valence-electron chi connectivity index (χ3n) is 5.94. The molecule has 1 amide bonds. The third-order valence-corrected chi connectivity index (χ3v) is 5.94. The zero-order valence-corrected chi connectivity index (χ0v) is 17.4. The molecule has 0 aromatic carbocycles. The first-order chi connectivity index (χ1) is 14.0. The number of hydrogen-bond acceptors (Lipinski definition) is 7. The van der Waals surface area contributed by atoms with E-state index < -0.39 is 0 Å². The van der Waals surface area contributed by atoms with Crippen LogP contribution in [0.1, 0.15) is 79.3 Å². The van der Waals surface area contributed by atoms with E-state index in [0.29, 0.717) is 37.8 Å². The van der Waals surface area contributed by atoms with Crippen molar-refractivity contribution in [2.24, 2.45) is 0 Å². The van der Waals surface area contributed by atoms with Gasteiger partial charge in [0.2, 0.25) is 5.89 Å². The number of amides is 1. The maximum absolute atomic E-state index is 13.0. The van der Waals surface area contributed by atoms with Crippen molar-refractivity contribution in [3.63, 3.8) is 0 Å². The summed E-state index contributed by atoms with van der Waals surface area (Å²) < 4.78 is 10.9. The molecule has 9 nitrogen and oxygen atoms in total. The Morgan fingerprint density at radius 2 is 2.03 bits per heavy atom. The zero-order valence-electron chi connectivity index (χ0n) is 17.4. The van der Waals surface area contributed by atoms with Gasteiger partial charge in [-0.1, -0.05) is 19.0 Å². The summed E-state index contributed by atoms with van der Waals surface area (Å²) in [5.74, 6) is 1.91. The molecule has 2 aliphatic heterocycles. The number of hydrogen-bond donors (Lipinski definition) is 1. The Morgan fingerprint density at radius 3 is 2.76 bits per heavy atom. The molecule has 2 aliphatic rings. The lowest BCUT2D eigenvalue weighted by Gasteiger charge is -2.35. The minimum Gasteiger partial charge on any atom is -0.378 e. The van der Waals surface area contributed by atoms with E-state index in [9.17, 15) is 4.79 Å². The van der Waals surface area contributed by atoms with Gasteiger partial charge in [-0.3, -0.25) is 14.8 Å². The largest absolute Gasteiger partial charge is 0.378 e. The molecule has 9 heteroatoms. The normalized spacial score (nSPS) is 22.2. The van der Waals surface area contributed by atoms with Gasteiger partial charge in [0.05, 0.1) is 36.7 Å². The van der Waals surface area contributed by atoms with Crippen LogP contribution in [-0.2, 0) is 4.74 Å². The standard InChI is InChI=1S/C20H30N6O3/c1-13(2)18-22-19(29-24-18)14(3)26-6-4-5-15(12-26)17-16(11-21-23-17)20(27)25-7-9-28-10-8-25/h11,13-15H,4-10,12H2,1-3H3,(H,21,23)/t14-,15+/m1/s1. The Kier molecular flexibility index (Phi) is 5.96. The molecule has 158 valence electrons. The van der Waals surface area contributed by atoms with Crippen LogP contribution in [0, 0.1) is 0 Å². The van der Waals surface area contributed by atoms with E-state index >= 15 is 0 Å². The van der Waals surface area contributed by atoms with Crippen LogP contribution < -0.4 is 0 Å². The Morgan fingerprint density at radius 1 is 1.24 bits per heavy atom. The van der Waals surface area contributed by atoms with Gasteiger partial charge in [0, 0.05) is 31.5 Å². The first-order valence-corrected chi connectivity index (χ1v) is 10.5. The average Bonchev–Trinajstić information content (AvgIpc) is 3.43. The molecule has 4 heterocycles. The van der Waals surface area contributed by atoms with Gasteiger partial charge in [-0.05, 0) is 26.3 Å². The van der Waals surface area contributed by atoms with Gasteiger partial charge in [-0.25, -0.2) is 0 Å². The molecule has 29 heavy (non-hydrogen) atoms. The molecule has 0 unspecified atom stereocenters. The Balaban J connectivity index is 1.47. The molecule has 2 aromatic heterocycles. The monoisotopic (exact) mass is 402 g/mol. The van der Waals surface area contributed by atoms with Gasteiger partial charge < -0.3 is 14.2 Å². The molecule has 0 spiro atoms. The Bertz CT molecular complexity index is 826. The van der Waals surface area contributed by atoms with Crippen molar-refractivity contribution in [2.75, 3.05) is 39.4 Å². The fourth-order valence-corrected chi connectivity index (χ4v) is 4.12. The van der Waals surface area contributed by atoms with E-state index in [1.54, 1.807) is 6.20 Å². The number of aromatic nitrogens is 4. The SMILES string of the molecule is CC(C)c1noc([C@@H](C)N2CCC[C@H](c3[nH]ncc3C(=O)N3CCOCC3)C2)n1. The van der Waals surface area contributed by atoms with E-state index in [1.807, 2.05) is 4.90 Å². The minimum atomic E-state index is 0.0408. The molecule has 2 fully saturated rings. The highest BCUT2D eigenvalue weighted by molar-refractivity contribution is 5.95. The van der Waals surface area contributed by atoms with Gasteiger partial charge in [0.1, 0.15) is 0 Å². The first-order valence-electron chi connectivity index (χ1n) is 10.5. The number of rotatable bonds is 5. The highest BCUT2D eigenvalue weighted by atomic mass is 16.5. The molecule has 2 aromatic rings. The van der Waals surface area contributed by atoms with Crippen LogP contribution in [0.15, 0.2) is 10.7 Å². The summed E-state index contributed by atoms with van der Waals surface area (Å²) >= 11 is 0. The lowest BCUT2D eigenvalue weighted by molar-refractivity contribution is 0.0301. The van der Waals surface area contributed by atoms with E-state index in [2.05, 4.69) is 46.0 Å². The summed E-state index contributed by atoms with van der Waals surface area (Å²) in [7, 11) is 0. The number of nitrogens with zero attached hydrogens (tertiary/aromatic N) is 5. The highest BCUT2D eigenvalue weighted by Crippen LogP contribution is 2.32. The lowest BCUT2D eigenvalue weighted by atomic mass is 9.91. The second kappa shape index (κ2) is 8.62. The molecule has 2 saturated heterocycles. The van der Waals surface area contributed by atoms with Crippen molar-refractivity contribution in [2.45, 2.75) is 51.5 Å². The molecule has 0 aliphatic carbocycles. The van der Waals surface area contributed by atoms with Crippen molar-refractivity contribution < 1.29 is 14.1 Å². The maximum atomic E-state index is 13.0. The van der Waals surface area contributed by atoms with Crippen molar-refractivity contribution in [3.8, 4) is 0 Å². The fraction of sp³-hybridized carbons (Fsp3) is 0.700. The first kappa shape index (κ1) is 20.0. The number of piperidine rings is 1. The predicted molar refractivity (Wildman–Crippen MR) is 106 cm³/mol. The number of carbonyl (C=O) groups is 1. The van der Waals surface area contributed by atoms with Crippen LogP contribution in [0.4, 0.5) is 0 Å². The summed E-state index contributed by atoms with van der Waals surface area (Å²) in [5.41, 5.74) is 1.62. The fourth-order valence-electron chi connectivity index (χ4n) is 4.12. The lowest BCUT2D eigenvalue weighted by Crippen LogP contribution is -2.41. The average molecular weight is 402 g/mol. The molecule has 0 saturated carbocycles. The number of morpholine rings is 1. The van der Waals surface area contributed by atoms with Crippen molar-refractivity contribution in [1.82, 2.24) is 30.1 Å². The van der Waals surface area contributed by atoms with Gasteiger partial charge >= 0.3 is 0 Å². The van der Waals surface area contributed by atoms with Gasteiger partial charge in [-0.15, -0.1) is 0 Å². The molecule has 0 radical (unpaired) electrons.